The summed E-state index contributed by atoms with van der Waals surface area (Å²) in [6.07, 6.45) is 0. The minimum atomic E-state index is 1.01. The van der Waals surface area contributed by atoms with Crippen LogP contribution in [0.15, 0.2) is 64.0 Å². The number of hydrogen-bond donors (Lipinski definition) is 0. The molecule has 0 radical (unpaired) electrons. The van der Waals surface area contributed by atoms with Crippen LogP contribution in [-0.2, 0) is 5.75 Å². The van der Waals surface area contributed by atoms with Crippen molar-refractivity contribution in [1.82, 2.24) is 0 Å². The number of hydrogen-bond acceptors (Lipinski definition) is 1. The molecule has 0 amide bonds. The van der Waals surface area contributed by atoms with Crippen molar-refractivity contribution in [2.75, 3.05) is 0 Å². The molecular formula is C13H11BrS. The van der Waals surface area contributed by atoms with E-state index in [-0.39, 0.29) is 0 Å². The molecule has 0 spiro atoms. The van der Waals surface area contributed by atoms with Crippen molar-refractivity contribution in [2.45, 2.75) is 10.6 Å². The van der Waals surface area contributed by atoms with E-state index in [0.29, 0.717) is 0 Å². The molecule has 0 nitrogen and oxygen atoms in total. The van der Waals surface area contributed by atoms with Gasteiger partial charge in [0, 0.05) is 15.1 Å². The van der Waals surface area contributed by atoms with Gasteiger partial charge in [-0.2, -0.15) is 0 Å². The lowest BCUT2D eigenvalue weighted by Gasteiger charge is -2.03. The third-order valence-electron chi connectivity index (χ3n) is 2.10. The Kier molecular flexibility index (Phi) is 3.87. The highest BCUT2D eigenvalue weighted by Gasteiger charge is 1.99. The van der Waals surface area contributed by atoms with E-state index in [1.807, 2.05) is 23.9 Å². The smallest absolute Gasteiger partial charge is 0.0243 e. The summed E-state index contributed by atoms with van der Waals surface area (Å²) in [6.45, 7) is 0. The Morgan fingerprint density at radius 1 is 0.867 bits per heavy atom. The Labute approximate surface area is 103 Å². The Bertz CT molecular complexity index is 426. The van der Waals surface area contributed by atoms with Gasteiger partial charge in [-0.3, -0.25) is 0 Å². The van der Waals surface area contributed by atoms with Crippen LogP contribution in [0.1, 0.15) is 5.56 Å². The van der Waals surface area contributed by atoms with Crippen LogP contribution in [0.25, 0.3) is 0 Å². The van der Waals surface area contributed by atoms with E-state index >= 15 is 0 Å². The first kappa shape index (κ1) is 10.8. The quantitative estimate of drug-likeness (QED) is 0.731. The lowest BCUT2D eigenvalue weighted by molar-refractivity contribution is 1.36. The molecule has 0 heterocycles. The van der Waals surface area contributed by atoms with Crippen LogP contribution in [0.4, 0.5) is 0 Å². The molecule has 0 aliphatic carbocycles. The second kappa shape index (κ2) is 5.38. The van der Waals surface area contributed by atoms with Crippen LogP contribution in [0.5, 0.6) is 0 Å². The normalized spacial score (nSPS) is 10.2. The van der Waals surface area contributed by atoms with E-state index in [4.69, 9.17) is 0 Å². The van der Waals surface area contributed by atoms with Crippen LogP contribution >= 0.6 is 27.7 Å². The van der Waals surface area contributed by atoms with Gasteiger partial charge in [0.1, 0.15) is 0 Å². The van der Waals surface area contributed by atoms with Gasteiger partial charge in [0.25, 0.3) is 0 Å². The van der Waals surface area contributed by atoms with Crippen molar-refractivity contribution >= 4 is 27.7 Å². The second-order valence-corrected chi connectivity index (χ2v) is 5.10. The minimum absolute atomic E-state index is 1.01. The van der Waals surface area contributed by atoms with Gasteiger partial charge in [-0.15, -0.1) is 11.8 Å². The standard InChI is InChI=1S/C13H11BrS/c14-13-9-5-4-6-11(13)10-15-12-7-2-1-3-8-12/h1-9H,10H2. The molecule has 2 heteroatoms. The zero-order valence-corrected chi connectivity index (χ0v) is 10.6. The van der Waals surface area contributed by atoms with Crippen molar-refractivity contribution < 1.29 is 0 Å². The summed E-state index contributed by atoms with van der Waals surface area (Å²) in [7, 11) is 0. The van der Waals surface area contributed by atoms with E-state index in [2.05, 4.69) is 58.4 Å². The van der Waals surface area contributed by atoms with Crippen LogP contribution < -0.4 is 0 Å². The van der Waals surface area contributed by atoms with E-state index in [1.165, 1.54) is 14.9 Å². The van der Waals surface area contributed by atoms with Gasteiger partial charge in [0.05, 0.1) is 0 Å². The second-order valence-electron chi connectivity index (χ2n) is 3.19. The molecule has 0 atom stereocenters. The number of halogens is 1. The Morgan fingerprint density at radius 3 is 2.27 bits per heavy atom. The summed E-state index contributed by atoms with van der Waals surface area (Å²) in [5.74, 6) is 1.01. The number of benzene rings is 2. The van der Waals surface area contributed by atoms with E-state index < -0.39 is 0 Å². The van der Waals surface area contributed by atoms with Crippen molar-refractivity contribution in [2.24, 2.45) is 0 Å². The summed E-state index contributed by atoms with van der Waals surface area (Å²) in [5.41, 5.74) is 1.34. The van der Waals surface area contributed by atoms with Crippen LogP contribution in [0.3, 0.4) is 0 Å². The molecule has 0 aliphatic heterocycles. The minimum Gasteiger partial charge on any atom is -0.121 e. The van der Waals surface area contributed by atoms with Gasteiger partial charge >= 0.3 is 0 Å². The largest absolute Gasteiger partial charge is 0.121 e. The third-order valence-corrected chi connectivity index (χ3v) is 3.93. The highest BCUT2D eigenvalue weighted by Crippen LogP contribution is 2.26. The first-order valence-corrected chi connectivity index (χ1v) is 6.55. The fraction of sp³-hybridized carbons (Fsp3) is 0.0769. The molecular weight excluding hydrogens is 268 g/mol. The fourth-order valence-electron chi connectivity index (χ4n) is 1.29. The molecule has 0 aromatic heterocycles. The maximum atomic E-state index is 3.56. The first-order valence-electron chi connectivity index (χ1n) is 4.77. The third kappa shape index (κ3) is 3.11. The maximum Gasteiger partial charge on any atom is 0.0243 e. The monoisotopic (exact) mass is 278 g/mol. The molecule has 76 valence electrons. The van der Waals surface area contributed by atoms with Gasteiger partial charge in [0.15, 0.2) is 0 Å². The first-order chi connectivity index (χ1) is 7.36. The molecule has 0 bridgehead atoms. The molecule has 15 heavy (non-hydrogen) atoms. The van der Waals surface area contributed by atoms with Gasteiger partial charge in [-0.1, -0.05) is 52.3 Å². The van der Waals surface area contributed by atoms with Gasteiger partial charge in [-0.05, 0) is 23.8 Å². The van der Waals surface area contributed by atoms with Crippen LogP contribution in [0.2, 0.25) is 0 Å². The molecule has 0 unspecified atom stereocenters. The molecule has 0 saturated carbocycles. The SMILES string of the molecule is Brc1ccccc1CSc1ccccc1. The Balaban J connectivity index is 2.03. The van der Waals surface area contributed by atoms with Crippen molar-refractivity contribution in [1.29, 1.82) is 0 Å². The summed E-state index contributed by atoms with van der Waals surface area (Å²) in [5, 5.41) is 0. The number of thioether (sulfide) groups is 1. The lowest BCUT2D eigenvalue weighted by atomic mass is 10.2. The van der Waals surface area contributed by atoms with Gasteiger partial charge in [0.2, 0.25) is 0 Å². The lowest BCUT2D eigenvalue weighted by Crippen LogP contribution is -1.81. The molecule has 0 N–H and O–H groups in total. The topological polar surface area (TPSA) is 0 Å². The summed E-state index contributed by atoms with van der Waals surface area (Å²) in [6, 6.07) is 18.8. The summed E-state index contributed by atoms with van der Waals surface area (Å²) in [4.78, 5) is 1.31. The van der Waals surface area contributed by atoms with Crippen molar-refractivity contribution in [3.8, 4) is 0 Å². The van der Waals surface area contributed by atoms with Crippen molar-refractivity contribution in [3.63, 3.8) is 0 Å². The summed E-state index contributed by atoms with van der Waals surface area (Å²) >= 11 is 5.41. The van der Waals surface area contributed by atoms with Crippen molar-refractivity contribution in [3.05, 3.63) is 64.6 Å². The summed E-state index contributed by atoms with van der Waals surface area (Å²) < 4.78 is 1.19. The predicted molar refractivity (Wildman–Crippen MR) is 70.1 cm³/mol. The average molecular weight is 279 g/mol. The zero-order chi connectivity index (χ0) is 10.5. The molecule has 0 aliphatic rings. The van der Waals surface area contributed by atoms with Gasteiger partial charge < -0.3 is 0 Å². The Hall–Kier alpha value is -0.730. The van der Waals surface area contributed by atoms with Crippen LogP contribution in [0, 0.1) is 0 Å². The predicted octanol–water partition coefficient (Wildman–Crippen LogP) is 4.74. The van der Waals surface area contributed by atoms with Gasteiger partial charge in [-0.25, -0.2) is 0 Å². The highest BCUT2D eigenvalue weighted by molar-refractivity contribution is 9.10. The fourth-order valence-corrected chi connectivity index (χ4v) is 2.83. The maximum absolute atomic E-state index is 3.56. The number of rotatable bonds is 3. The Morgan fingerprint density at radius 2 is 1.53 bits per heavy atom. The zero-order valence-electron chi connectivity index (χ0n) is 8.19. The van der Waals surface area contributed by atoms with Crippen LogP contribution in [-0.4, -0.2) is 0 Å². The molecule has 0 saturated heterocycles. The molecule has 2 rings (SSSR count). The average Bonchev–Trinajstić information content (AvgIpc) is 2.29. The van der Waals surface area contributed by atoms with E-state index in [0.717, 1.165) is 5.75 Å². The molecule has 2 aromatic carbocycles. The van der Waals surface area contributed by atoms with E-state index in [9.17, 15) is 0 Å². The van der Waals surface area contributed by atoms with E-state index in [1.54, 1.807) is 0 Å². The molecule has 2 aromatic rings. The highest BCUT2D eigenvalue weighted by atomic mass is 79.9. The molecule has 0 fully saturated rings.